The van der Waals surface area contributed by atoms with Crippen LogP contribution in [0.3, 0.4) is 0 Å². The van der Waals surface area contributed by atoms with Crippen molar-refractivity contribution in [3.63, 3.8) is 0 Å². The molecule has 0 radical (unpaired) electrons. The van der Waals surface area contributed by atoms with Gasteiger partial charge in [0.25, 0.3) is 0 Å². The summed E-state index contributed by atoms with van der Waals surface area (Å²) in [7, 11) is 0. The molecule has 142 valence electrons. The van der Waals surface area contributed by atoms with Crippen molar-refractivity contribution in [2.45, 2.75) is 70.9 Å². The number of rotatable bonds is 4. The zero-order chi connectivity index (χ0) is 17.3. The fourth-order valence-electron chi connectivity index (χ4n) is 5.51. The van der Waals surface area contributed by atoms with E-state index in [4.69, 9.17) is 14.5 Å². The minimum Gasteiger partial charge on any atom is -0.381 e. The Morgan fingerprint density at radius 3 is 2.64 bits per heavy atom. The van der Waals surface area contributed by atoms with Crippen LogP contribution in [0, 0.1) is 10.8 Å². The maximum Gasteiger partial charge on any atom is 0.194 e. The lowest BCUT2D eigenvalue weighted by Gasteiger charge is -2.61. The first kappa shape index (κ1) is 17.6. The minimum atomic E-state index is 0.389. The number of ether oxygens (including phenoxy) is 2. The van der Waals surface area contributed by atoms with Crippen LogP contribution in [0.1, 0.15) is 58.8 Å². The molecule has 2 heterocycles. The van der Waals surface area contributed by atoms with Crippen molar-refractivity contribution in [1.82, 2.24) is 10.2 Å². The van der Waals surface area contributed by atoms with Gasteiger partial charge in [-0.2, -0.15) is 0 Å². The molecular weight excluding hydrogens is 314 g/mol. The first-order valence-electron chi connectivity index (χ1n) is 10.5. The lowest BCUT2D eigenvalue weighted by Crippen LogP contribution is -2.68. The summed E-state index contributed by atoms with van der Waals surface area (Å²) < 4.78 is 11.6. The van der Waals surface area contributed by atoms with E-state index in [0.29, 0.717) is 23.0 Å². The molecule has 25 heavy (non-hydrogen) atoms. The van der Waals surface area contributed by atoms with Crippen molar-refractivity contribution in [3.05, 3.63) is 0 Å². The van der Waals surface area contributed by atoms with E-state index in [1.807, 2.05) is 0 Å². The standard InChI is InChI=1S/C20H35N3O2/c1-3-21-18(23-11-8-19(15-23)9-12-24-13-10-19)22-16-14-17(25-4-2)20(16)6-5-7-20/h16-17H,3-15H2,1-2H3,(H,21,22). The van der Waals surface area contributed by atoms with Gasteiger partial charge in [-0.1, -0.05) is 6.42 Å². The van der Waals surface area contributed by atoms with Crippen LogP contribution in [0.15, 0.2) is 4.99 Å². The van der Waals surface area contributed by atoms with Gasteiger partial charge in [0, 0.05) is 50.9 Å². The Morgan fingerprint density at radius 1 is 1.20 bits per heavy atom. The third-order valence-corrected chi connectivity index (χ3v) is 7.34. The first-order chi connectivity index (χ1) is 12.2. The third kappa shape index (κ3) is 3.08. The number of nitrogens with one attached hydrogen (secondary N) is 1. The maximum absolute atomic E-state index is 6.02. The Hall–Kier alpha value is -0.810. The molecule has 0 aromatic carbocycles. The predicted molar refractivity (Wildman–Crippen MR) is 99.9 cm³/mol. The van der Waals surface area contributed by atoms with Crippen molar-refractivity contribution in [2.75, 3.05) is 39.5 Å². The lowest BCUT2D eigenvalue weighted by molar-refractivity contribution is -0.168. The van der Waals surface area contributed by atoms with E-state index < -0.39 is 0 Å². The second kappa shape index (κ2) is 7.07. The number of hydrogen-bond donors (Lipinski definition) is 1. The molecule has 0 amide bonds. The van der Waals surface area contributed by atoms with Crippen molar-refractivity contribution in [1.29, 1.82) is 0 Å². The lowest BCUT2D eigenvalue weighted by atomic mass is 9.51. The SMILES string of the molecule is CCN=C(NC1CC(OCC)C12CCC2)N1CCC2(CCOCC2)C1. The largest absolute Gasteiger partial charge is 0.381 e. The van der Waals surface area contributed by atoms with Crippen LogP contribution in [0.2, 0.25) is 0 Å². The molecule has 2 unspecified atom stereocenters. The molecule has 4 rings (SSSR count). The number of nitrogens with zero attached hydrogens (tertiary/aromatic N) is 2. The topological polar surface area (TPSA) is 46.1 Å². The quantitative estimate of drug-likeness (QED) is 0.626. The molecule has 2 atom stereocenters. The third-order valence-electron chi connectivity index (χ3n) is 7.34. The molecule has 2 saturated heterocycles. The molecule has 2 aliphatic heterocycles. The molecule has 0 bridgehead atoms. The molecule has 2 saturated carbocycles. The fraction of sp³-hybridized carbons (Fsp3) is 0.950. The van der Waals surface area contributed by atoms with E-state index in [9.17, 15) is 0 Å². The van der Waals surface area contributed by atoms with Gasteiger partial charge in [-0.3, -0.25) is 4.99 Å². The molecule has 2 spiro atoms. The summed E-state index contributed by atoms with van der Waals surface area (Å²) >= 11 is 0. The van der Waals surface area contributed by atoms with E-state index >= 15 is 0 Å². The van der Waals surface area contributed by atoms with Crippen LogP contribution in [0.4, 0.5) is 0 Å². The first-order valence-corrected chi connectivity index (χ1v) is 10.5. The van der Waals surface area contributed by atoms with Gasteiger partial charge < -0.3 is 19.7 Å². The molecule has 0 aromatic rings. The van der Waals surface area contributed by atoms with Gasteiger partial charge in [0.1, 0.15) is 0 Å². The Labute approximate surface area is 152 Å². The van der Waals surface area contributed by atoms with Crippen LogP contribution in [-0.2, 0) is 9.47 Å². The molecule has 4 fully saturated rings. The fourth-order valence-corrected chi connectivity index (χ4v) is 5.51. The van der Waals surface area contributed by atoms with Gasteiger partial charge in [-0.15, -0.1) is 0 Å². The van der Waals surface area contributed by atoms with Crippen LogP contribution >= 0.6 is 0 Å². The van der Waals surface area contributed by atoms with Gasteiger partial charge in [0.05, 0.1) is 6.10 Å². The molecule has 5 heteroatoms. The molecule has 2 aliphatic carbocycles. The smallest absolute Gasteiger partial charge is 0.194 e. The second-order valence-electron chi connectivity index (χ2n) is 8.55. The van der Waals surface area contributed by atoms with Gasteiger partial charge >= 0.3 is 0 Å². The zero-order valence-corrected chi connectivity index (χ0v) is 16.1. The normalized spacial score (nSPS) is 33.4. The molecule has 1 N–H and O–H groups in total. The van der Waals surface area contributed by atoms with E-state index in [0.717, 1.165) is 51.8 Å². The highest BCUT2D eigenvalue weighted by molar-refractivity contribution is 5.81. The second-order valence-corrected chi connectivity index (χ2v) is 8.55. The summed E-state index contributed by atoms with van der Waals surface area (Å²) in [6.07, 6.45) is 9.31. The van der Waals surface area contributed by atoms with Crippen LogP contribution in [-0.4, -0.2) is 62.5 Å². The molecule has 5 nitrogen and oxygen atoms in total. The summed E-state index contributed by atoms with van der Waals surface area (Å²) in [6, 6.07) is 0.550. The van der Waals surface area contributed by atoms with Crippen LogP contribution in [0.25, 0.3) is 0 Å². The average Bonchev–Trinajstić information content (AvgIpc) is 2.95. The summed E-state index contributed by atoms with van der Waals surface area (Å²) in [5, 5.41) is 3.86. The summed E-state index contributed by atoms with van der Waals surface area (Å²) in [5.74, 6) is 1.15. The Balaban J connectivity index is 1.40. The Kier molecular flexibility index (Phi) is 4.98. The molecule has 4 aliphatic rings. The number of hydrogen-bond acceptors (Lipinski definition) is 3. The van der Waals surface area contributed by atoms with Crippen LogP contribution < -0.4 is 5.32 Å². The Morgan fingerprint density at radius 2 is 2.00 bits per heavy atom. The van der Waals surface area contributed by atoms with Gasteiger partial charge in [-0.25, -0.2) is 0 Å². The van der Waals surface area contributed by atoms with Crippen LogP contribution in [0.5, 0.6) is 0 Å². The van der Waals surface area contributed by atoms with Crippen molar-refractivity contribution in [2.24, 2.45) is 15.8 Å². The highest BCUT2D eigenvalue weighted by atomic mass is 16.5. The van der Waals surface area contributed by atoms with Gasteiger partial charge in [0.2, 0.25) is 0 Å². The van der Waals surface area contributed by atoms with E-state index in [1.165, 1.54) is 38.5 Å². The van der Waals surface area contributed by atoms with Gasteiger partial charge in [0.15, 0.2) is 5.96 Å². The monoisotopic (exact) mass is 349 g/mol. The summed E-state index contributed by atoms with van der Waals surface area (Å²) in [4.78, 5) is 7.38. The van der Waals surface area contributed by atoms with E-state index in [-0.39, 0.29) is 0 Å². The summed E-state index contributed by atoms with van der Waals surface area (Å²) in [5.41, 5.74) is 0.858. The average molecular weight is 350 g/mol. The number of aliphatic imine (C=N–C) groups is 1. The molecule has 0 aromatic heterocycles. The van der Waals surface area contributed by atoms with Gasteiger partial charge in [-0.05, 0) is 57.8 Å². The maximum atomic E-state index is 6.02. The Bertz CT molecular complexity index is 497. The highest BCUT2D eigenvalue weighted by Crippen LogP contribution is 2.57. The van der Waals surface area contributed by atoms with Crippen molar-refractivity contribution >= 4 is 5.96 Å². The molecular formula is C20H35N3O2. The van der Waals surface area contributed by atoms with Crippen molar-refractivity contribution < 1.29 is 9.47 Å². The van der Waals surface area contributed by atoms with E-state index in [1.54, 1.807) is 0 Å². The van der Waals surface area contributed by atoms with E-state index in [2.05, 4.69) is 24.1 Å². The zero-order valence-electron chi connectivity index (χ0n) is 16.1. The highest BCUT2D eigenvalue weighted by Gasteiger charge is 2.59. The predicted octanol–water partition coefficient (Wildman–Crippen LogP) is 2.80. The summed E-state index contributed by atoms with van der Waals surface area (Å²) in [6.45, 7) is 10.1. The number of guanidine groups is 1. The minimum absolute atomic E-state index is 0.389. The van der Waals surface area contributed by atoms with Crippen molar-refractivity contribution in [3.8, 4) is 0 Å². The number of likely N-dealkylation sites (tertiary alicyclic amines) is 1.